The van der Waals surface area contributed by atoms with Crippen molar-refractivity contribution < 1.29 is 0 Å². The highest BCUT2D eigenvalue weighted by molar-refractivity contribution is 8.00. The van der Waals surface area contributed by atoms with Crippen molar-refractivity contribution in [2.45, 2.75) is 23.9 Å². The van der Waals surface area contributed by atoms with Crippen LogP contribution in [0.4, 0.5) is 0 Å². The number of nitriles is 1. The first-order chi connectivity index (χ1) is 11.7. The third-order valence-electron chi connectivity index (χ3n) is 3.47. The lowest BCUT2D eigenvalue weighted by Crippen LogP contribution is -2.05. The molecular formula is C18H15ClN4S. The third-order valence-corrected chi connectivity index (χ3v) is 4.69. The molecular weight excluding hydrogens is 340 g/mol. The van der Waals surface area contributed by atoms with E-state index >= 15 is 0 Å². The van der Waals surface area contributed by atoms with Gasteiger partial charge in [0, 0.05) is 10.6 Å². The smallest absolute Gasteiger partial charge is 0.193 e. The number of hydrogen-bond donors (Lipinski definition) is 0. The number of hydrogen-bond acceptors (Lipinski definition) is 4. The summed E-state index contributed by atoms with van der Waals surface area (Å²) in [6.45, 7) is 2.50. The van der Waals surface area contributed by atoms with Crippen molar-refractivity contribution in [1.29, 1.82) is 5.26 Å². The van der Waals surface area contributed by atoms with Crippen molar-refractivity contribution >= 4 is 23.4 Å². The van der Waals surface area contributed by atoms with Crippen molar-refractivity contribution in [3.05, 3.63) is 65.2 Å². The van der Waals surface area contributed by atoms with E-state index in [1.165, 1.54) is 11.8 Å². The molecule has 3 rings (SSSR count). The maximum Gasteiger partial charge on any atom is 0.193 e. The molecule has 0 aliphatic rings. The monoisotopic (exact) mass is 354 g/mol. The second kappa shape index (κ2) is 7.52. The van der Waals surface area contributed by atoms with Gasteiger partial charge in [-0.2, -0.15) is 5.26 Å². The van der Waals surface area contributed by atoms with Gasteiger partial charge in [-0.15, -0.1) is 10.2 Å². The van der Waals surface area contributed by atoms with E-state index in [-0.39, 0.29) is 5.25 Å². The van der Waals surface area contributed by atoms with E-state index in [0.717, 1.165) is 22.1 Å². The molecule has 2 aromatic carbocycles. The summed E-state index contributed by atoms with van der Waals surface area (Å²) in [5.41, 5.74) is 2.10. The molecule has 0 radical (unpaired) electrons. The van der Waals surface area contributed by atoms with E-state index in [0.29, 0.717) is 11.6 Å². The molecule has 0 aliphatic heterocycles. The number of halogens is 1. The molecule has 24 heavy (non-hydrogen) atoms. The molecule has 1 atom stereocenters. The molecule has 1 unspecified atom stereocenters. The molecule has 3 aromatic rings. The average Bonchev–Trinajstić information content (AvgIpc) is 2.99. The summed E-state index contributed by atoms with van der Waals surface area (Å²) >= 11 is 7.39. The Hall–Kier alpha value is -2.29. The lowest BCUT2D eigenvalue weighted by Gasteiger charge is -2.11. The van der Waals surface area contributed by atoms with Crippen LogP contribution < -0.4 is 0 Å². The van der Waals surface area contributed by atoms with Crippen LogP contribution in [-0.4, -0.2) is 20.0 Å². The molecule has 1 aromatic heterocycles. The normalized spacial score (nSPS) is 11.9. The molecule has 1 heterocycles. The summed E-state index contributed by atoms with van der Waals surface area (Å²) in [7, 11) is 0. The van der Waals surface area contributed by atoms with Gasteiger partial charge in [0.15, 0.2) is 11.0 Å². The van der Waals surface area contributed by atoms with Gasteiger partial charge in [-0.1, -0.05) is 53.7 Å². The number of nitrogens with zero attached hydrogens (tertiary/aromatic N) is 4. The maximum absolute atomic E-state index is 9.09. The first kappa shape index (κ1) is 16.6. The Balaban J connectivity index is 2.02. The molecule has 0 aliphatic carbocycles. The van der Waals surface area contributed by atoms with Crippen LogP contribution in [0.5, 0.6) is 0 Å². The Morgan fingerprint density at radius 1 is 1.12 bits per heavy atom. The zero-order chi connectivity index (χ0) is 16.9. The highest BCUT2D eigenvalue weighted by Crippen LogP contribution is 2.28. The summed E-state index contributed by atoms with van der Waals surface area (Å²) in [5, 5.41) is 18.9. The quantitative estimate of drug-likeness (QED) is 0.626. The van der Waals surface area contributed by atoms with E-state index in [2.05, 4.69) is 28.4 Å². The molecule has 0 spiro atoms. The highest BCUT2D eigenvalue weighted by atomic mass is 35.5. The van der Waals surface area contributed by atoms with Gasteiger partial charge in [-0.3, -0.25) is 4.57 Å². The maximum atomic E-state index is 9.09. The van der Waals surface area contributed by atoms with Crippen LogP contribution in [-0.2, 0) is 6.54 Å². The fraction of sp³-hybridized carbons (Fsp3) is 0.167. The minimum absolute atomic E-state index is 0.193. The van der Waals surface area contributed by atoms with Crippen molar-refractivity contribution in [2.24, 2.45) is 0 Å². The summed E-state index contributed by atoms with van der Waals surface area (Å²) < 4.78 is 2.04. The van der Waals surface area contributed by atoms with Crippen molar-refractivity contribution in [1.82, 2.24) is 14.8 Å². The highest BCUT2D eigenvalue weighted by Gasteiger charge is 2.17. The van der Waals surface area contributed by atoms with Gasteiger partial charge in [-0.05, 0) is 36.8 Å². The van der Waals surface area contributed by atoms with Gasteiger partial charge in [0.2, 0.25) is 0 Å². The Bertz CT molecular complexity index is 853. The summed E-state index contributed by atoms with van der Waals surface area (Å²) in [6, 6.07) is 19.9. The number of aromatic nitrogens is 3. The van der Waals surface area contributed by atoms with Gasteiger partial charge in [-0.25, -0.2) is 0 Å². The lowest BCUT2D eigenvalue weighted by molar-refractivity contribution is 0.714. The zero-order valence-electron chi connectivity index (χ0n) is 13.1. The molecule has 0 fully saturated rings. The van der Waals surface area contributed by atoms with Crippen molar-refractivity contribution in [3.63, 3.8) is 0 Å². The fourth-order valence-electron chi connectivity index (χ4n) is 2.28. The van der Waals surface area contributed by atoms with Gasteiger partial charge < -0.3 is 0 Å². The minimum Gasteiger partial charge on any atom is -0.298 e. The van der Waals surface area contributed by atoms with Gasteiger partial charge in [0.05, 0.1) is 17.9 Å². The predicted molar refractivity (Wildman–Crippen MR) is 96.9 cm³/mol. The minimum atomic E-state index is -0.193. The molecule has 120 valence electrons. The molecule has 0 saturated heterocycles. The van der Waals surface area contributed by atoms with Crippen LogP contribution in [0.2, 0.25) is 5.02 Å². The number of thioether (sulfide) groups is 1. The SMILES string of the molecule is CC(C#N)Sc1nnc(-c2ccc(Cl)cc2)n1Cc1ccccc1. The molecule has 0 bridgehead atoms. The van der Waals surface area contributed by atoms with Gasteiger partial charge in [0.25, 0.3) is 0 Å². The summed E-state index contributed by atoms with van der Waals surface area (Å²) in [5.74, 6) is 0.767. The first-order valence-corrected chi connectivity index (χ1v) is 8.72. The van der Waals surface area contributed by atoms with E-state index in [9.17, 15) is 0 Å². The van der Waals surface area contributed by atoms with Crippen molar-refractivity contribution in [3.8, 4) is 17.5 Å². The molecule has 0 amide bonds. The van der Waals surface area contributed by atoms with E-state index in [1.807, 2.05) is 54.0 Å². The third kappa shape index (κ3) is 3.78. The van der Waals surface area contributed by atoms with Crippen LogP contribution >= 0.6 is 23.4 Å². The summed E-state index contributed by atoms with van der Waals surface area (Å²) in [4.78, 5) is 0. The van der Waals surface area contributed by atoms with Crippen LogP contribution in [0.1, 0.15) is 12.5 Å². The number of rotatable bonds is 5. The van der Waals surface area contributed by atoms with Gasteiger partial charge >= 0.3 is 0 Å². The molecule has 4 nitrogen and oxygen atoms in total. The fourth-order valence-corrected chi connectivity index (χ4v) is 3.14. The average molecular weight is 355 g/mol. The Kier molecular flexibility index (Phi) is 5.19. The number of benzene rings is 2. The molecule has 6 heteroatoms. The van der Waals surface area contributed by atoms with Crippen LogP contribution in [0.25, 0.3) is 11.4 Å². The van der Waals surface area contributed by atoms with Crippen LogP contribution in [0.3, 0.4) is 0 Å². The van der Waals surface area contributed by atoms with Crippen molar-refractivity contribution in [2.75, 3.05) is 0 Å². The van der Waals surface area contributed by atoms with E-state index < -0.39 is 0 Å². The largest absolute Gasteiger partial charge is 0.298 e. The first-order valence-electron chi connectivity index (χ1n) is 7.46. The zero-order valence-corrected chi connectivity index (χ0v) is 14.6. The van der Waals surface area contributed by atoms with Gasteiger partial charge in [0.1, 0.15) is 0 Å². The molecule has 0 N–H and O–H groups in total. The molecule has 0 saturated carbocycles. The standard InChI is InChI=1S/C18H15ClN4S/c1-13(11-20)24-18-22-21-17(15-7-9-16(19)10-8-15)23(18)12-14-5-3-2-4-6-14/h2-10,13H,12H2,1H3. The lowest BCUT2D eigenvalue weighted by atomic mass is 10.2. The Labute approximate surface area is 150 Å². The Morgan fingerprint density at radius 3 is 2.50 bits per heavy atom. The van der Waals surface area contributed by atoms with E-state index in [1.54, 1.807) is 0 Å². The topological polar surface area (TPSA) is 54.5 Å². The second-order valence-corrected chi connectivity index (χ2v) is 7.02. The van der Waals surface area contributed by atoms with Crippen LogP contribution in [0, 0.1) is 11.3 Å². The second-order valence-electron chi connectivity index (χ2n) is 5.27. The summed E-state index contributed by atoms with van der Waals surface area (Å²) in [6.07, 6.45) is 0. The predicted octanol–water partition coefficient (Wildman–Crippen LogP) is 4.65. The Morgan fingerprint density at radius 2 is 1.83 bits per heavy atom. The van der Waals surface area contributed by atoms with E-state index in [4.69, 9.17) is 16.9 Å². The van der Waals surface area contributed by atoms with Crippen LogP contribution in [0.15, 0.2) is 59.8 Å².